The van der Waals surface area contributed by atoms with Crippen molar-refractivity contribution in [3.8, 4) is 5.75 Å². The van der Waals surface area contributed by atoms with Crippen LogP contribution in [0.25, 0.3) is 10.9 Å². The van der Waals surface area contributed by atoms with Gasteiger partial charge in [0.25, 0.3) is 11.7 Å². The summed E-state index contributed by atoms with van der Waals surface area (Å²) in [7, 11) is -3.99. The van der Waals surface area contributed by atoms with E-state index in [0.717, 1.165) is 25.7 Å². The number of Topliss-reactive ketones (excluding diaryl/α,β-unsaturated/α-hetero) is 1. The molecule has 0 radical (unpaired) electrons. The maximum absolute atomic E-state index is 14.4. The number of hydrogen-bond donors (Lipinski definition) is 2. The van der Waals surface area contributed by atoms with Crippen LogP contribution in [0.4, 0.5) is 4.39 Å². The van der Waals surface area contributed by atoms with Crippen molar-refractivity contribution >= 4 is 38.5 Å². The number of ether oxygens (including phenoxy) is 1. The molecule has 3 rings (SSSR count). The van der Waals surface area contributed by atoms with E-state index < -0.39 is 34.0 Å². The summed E-state index contributed by atoms with van der Waals surface area (Å²) in [5.74, 6) is -3.43. The fourth-order valence-electron chi connectivity index (χ4n) is 4.25. The quantitative estimate of drug-likeness (QED) is 0.450. The van der Waals surface area contributed by atoms with E-state index >= 15 is 0 Å². The van der Waals surface area contributed by atoms with E-state index in [2.05, 4.69) is 0 Å². The molecule has 0 saturated heterocycles. The van der Waals surface area contributed by atoms with Crippen molar-refractivity contribution < 1.29 is 31.9 Å². The van der Waals surface area contributed by atoms with Crippen LogP contribution in [0.2, 0.25) is 0 Å². The molecule has 1 atom stereocenters. The minimum atomic E-state index is -3.99. The number of nitrogens with two attached hydrogens (primary N) is 1. The molecule has 2 aromatic rings. The number of rotatable bonds is 8. The number of ketones is 1. The van der Waals surface area contributed by atoms with Gasteiger partial charge >= 0.3 is 12.3 Å². The number of aromatic nitrogens is 1. The number of alkyl halides is 1. The van der Waals surface area contributed by atoms with Gasteiger partial charge in [0.1, 0.15) is 5.75 Å². The first kappa shape index (κ1) is 23.7. The molecule has 1 aromatic carbocycles. The van der Waals surface area contributed by atoms with Crippen molar-refractivity contribution in [3.05, 3.63) is 29.5 Å². The zero-order chi connectivity index (χ0) is 23.6. The lowest BCUT2D eigenvalue weighted by Crippen LogP contribution is -2.38. The van der Waals surface area contributed by atoms with Gasteiger partial charge in [0, 0.05) is 12.2 Å². The molecular weight excluding hydrogens is 441 g/mol. The summed E-state index contributed by atoms with van der Waals surface area (Å²) in [5, 5.41) is 0.152. The smallest absolute Gasteiger partial charge is 0.317 e. The number of nitrogens with one attached hydrogen (secondary N) is 1. The van der Waals surface area contributed by atoms with Gasteiger partial charge in [-0.2, -0.15) is 4.39 Å². The van der Waals surface area contributed by atoms with Gasteiger partial charge < -0.3 is 15.0 Å². The van der Waals surface area contributed by atoms with Crippen LogP contribution in [-0.4, -0.2) is 43.2 Å². The molecule has 9 nitrogen and oxygen atoms in total. The van der Waals surface area contributed by atoms with Crippen LogP contribution in [0.3, 0.4) is 0 Å². The Hall–Kier alpha value is -2.95. The van der Waals surface area contributed by atoms with Gasteiger partial charge in [0.05, 0.1) is 22.7 Å². The third kappa shape index (κ3) is 5.09. The van der Waals surface area contributed by atoms with Gasteiger partial charge in [-0.3, -0.25) is 14.4 Å². The number of amides is 2. The largest absolute Gasteiger partial charge is 0.451 e. The summed E-state index contributed by atoms with van der Waals surface area (Å²) in [6, 6.07) is 4.61. The summed E-state index contributed by atoms with van der Waals surface area (Å²) >= 11 is 0. The van der Waals surface area contributed by atoms with Crippen molar-refractivity contribution in [2.45, 2.75) is 51.9 Å². The van der Waals surface area contributed by atoms with Crippen molar-refractivity contribution in [3.63, 3.8) is 0 Å². The highest BCUT2D eigenvalue weighted by Crippen LogP contribution is 2.36. The molecule has 3 N–H and O–H groups in total. The first-order chi connectivity index (χ1) is 15.0. The van der Waals surface area contributed by atoms with E-state index in [1.165, 1.54) is 17.2 Å². The van der Waals surface area contributed by atoms with E-state index in [0.29, 0.717) is 29.9 Å². The molecule has 1 aliphatic rings. The summed E-state index contributed by atoms with van der Waals surface area (Å²) in [5.41, 5.74) is 6.25. The molecule has 174 valence electrons. The minimum absolute atomic E-state index is 0.0189. The number of primary amides is 1. The number of halogens is 1. The number of carbonyl (C=O) groups excluding carboxylic acids is 3. The standard InChI is InChI=1S/C21H26FN3O6S/c1-12-16(18(26)20(23)27)17-14(25(12)11-13-7-4-3-5-8-13)9-6-10-15(17)31-19(22)21(28)24-32(2,29)30/h6,9-10,13,19H,3-5,7-8,11H2,1-2H3,(H2,23,27)(H,24,28). The predicted molar refractivity (Wildman–Crippen MR) is 115 cm³/mol. The molecule has 32 heavy (non-hydrogen) atoms. The van der Waals surface area contributed by atoms with Crippen molar-refractivity contribution in [1.82, 2.24) is 9.29 Å². The highest BCUT2D eigenvalue weighted by Gasteiger charge is 2.29. The number of fused-ring (bicyclic) bond motifs is 1. The van der Waals surface area contributed by atoms with Crippen LogP contribution in [0.1, 0.15) is 48.2 Å². The molecule has 1 fully saturated rings. The average Bonchev–Trinajstić information content (AvgIpc) is 2.99. The highest BCUT2D eigenvalue weighted by atomic mass is 32.2. The molecule has 1 saturated carbocycles. The number of hydrogen-bond acceptors (Lipinski definition) is 6. The van der Waals surface area contributed by atoms with Gasteiger partial charge in [-0.05, 0) is 37.8 Å². The molecule has 0 aliphatic heterocycles. The third-order valence-electron chi connectivity index (χ3n) is 5.65. The van der Waals surface area contributed by atoms with E-state index in [1.807, 2.05) is 4.57 Å². The Morgan fingerprint density at radius 3 is 2.50 bits per heavy atom. The number of benzene rings is 1. The van der Waals surface area contributed by atoms with Crippen LogP contribution in [0.5, 0.6) is 5.75 Å². The average molecular weight is 468 g/mol. The molecule has 1 unspecified atom stereocenters. The fraction of sp³-hybridized carbons (Fsp3) is 0.476. The second-order valence-corrected chi connectivity index (χ2v) is 9.84. The molecule has 1 aromatic heterocycles. The molecule has 1 aliphatic carbocycles. The second kappa shape index (κ2) is 9.27. The van der Waals surface area contributed by atoms with Gasteiger partial charge in [0.2, 0.25) is 10.0 Å². The molecule has 0 spiro atoms. The lowest BCUT2D eigenvalue weighted by Gasteiger charge is -2.23. The van der Waals surface area contributed by atoms with E-state index in [9.17, 15) is 27.2 Å². The Bertz CT molecular complexity index is 1170. The molecular formula is C21H26FN3O6S. The maximum Gasteiger partial charge on any atom is 0.317 e. The maximum atomic E-state index is 14.4. The monoisotopic (exact) mass is 467 g/mol. The zero-order valence-electron chi connectivity index (χ0n) is 17.9. The van der Waals surface area contributed by atoms with Gasteiger partial charge in [-0.15, -0.1) is 0 Å². The molecule has 11 heteroatoms. The lowest BCUT2D eigenvalue weighted by molar-refractivity contribution is -0.133. The first-order valence-electron chi connectivity index (χ1n) is 10.3. The Morgan fingerprint density at radius 1 is 1.25 bits per heavy atom. The third-order valence-corrected chi connectivity index (χ3v) is 6.22. The lowest BCUT2D eigenvalue weighted by atomic mass is 9.89. The Balaban J connectivity index is 2.08. The SMILES string of the molecule is Cc1c(C(=O)C(N)=O)c2c(OC(F)C(=O)NS(C)(=O)=O)cccc2n1CC1CCCCC1. The van der Waals surface area contributed by atoms with E-state index in [4.69, 9.17) is 10.5 Å². The molecule has 2 amide bonds. The Labute approximate surface area is 185 Å². The topological polar surface area (TPSA) is 138 Å². The summed E-state index contributed by atoms with van der Waals surface area (Å²) in [6.07, 6.45) is 3.52. The zero-order valence-corrected chi connectivity index (χ0v) is 18.7. The van der Waals surface area contributed by atoms with Crippen LogP contribution in [0.15, 0.2) is 18.2 Å². The fourth-order valence-corrected chi connectivity index (χ4v) is 4.71. The highest BCUT2D eigenvalue weighted by molar-refractivity contribution is 7.89. The summed E-state index contributed by atoms with van der Waals surface area (Å²) in [4.78, 5) is 36.2. The van der Waals surface area contributed by atoms with Gasteiger partial charge in [-0.1, -0.05) is 25.3 Å². The number of sulfonamides is 1. The minimum Gasteiger partial charge on any atom is -0.451 e. The predicted octanol–water partition coefficient (Wildman–Crippen LogP) is 1.95. The van der Waals surface area contributed by atoms with Crippen LogP contribution in [0, 0.1) is 12.8 Å². The van der Waals surface area contributed by atoms with Gasteiger partial charge in [0.15, 0.2) is 0 Å². The summed E-state index contributed by atoms with van der Waals surface area (Å²) < 4.78 is 45.3. The van der Waals surface area contributed by atoms with Crippen molar-refractivity contribution in [2.24, 2.45) is 11.7 Å². The van der Waals surface area contributed by atoms with E-state index in [-0.39, 0.29) is 16.7 Å². The second-order valence-electron chi connectivity index (χ2n) is 8.09. The van der Waals surface area contributed by atoms with Crippen LogP contribution in [-0.2, 0) is 26.2 Å². The molecule has 0 bridgehead atoms. The first-order valence-corrected chi connectivity index (χ1v) is 12.2. The normalized spacial score (nSPS) is 16.0. The van der Waals surface area contributed by atoms with Crippen LogP contribution >= 0.6 is 0 Å². The van der Waals surface area contributed by atoms with Gasteiger partial charge in [-0.25, -0.2) is 13.1 Å². The number of carbonyl (C=O) groups is 3. The van der Waals surface area contributed by atoms with Crippen molar-refractivity contribution in [2.75, 3.05) is 6.26 Å². The van der Waals surface area contributed by atoms with Crippen molar-refractivity contribution in [1.29, 1.82) is 0 Å². The Morgan fingerprint density at radius 2 is 1.91 bits per heavy atom. The Kier molecular flexibility index (Phi) is 6.87. The number of nitrogens with zero attached hydrogens (tertiary/aromatic N) is 1. The van der Waals surface area contributed by atoms with Crippen LogP contribution < -0.4 is 15.2 Å². The summed E-state index contributed by atoms with van der Waals surface area (Å²) in [6.45, 7) is 2.28. The van der Waals surface area contributed by atoms with E-state index in [1.54, 1.807) is 19.1 Å². The molecule has 1 heterocycles.